The van der Waals surface area contributed by atoms with Crippen LogP contribution >= 0.6 is 11.3 Å². The summed E-state index contributed by atoms with van der Waals surface area (Å²) in [6, 6.07) is 37.8. The van der Waals surface area contributed by atoms with E-state index in [2.05, 4.69) is 167 Å². The Balaban J connectivity index is 0.923. The third-order valence-corrected chi connectivity index (χ3v) is 26.9. The Morgan fingerprint density at radius 3 is 1.83 bits per heavy atom. The first-order chi connectivity index (χ1) is 44.2. The van der Waals surface area contributed by atoms with Crippen LogP contribution in [0.4, 0.5) is 34.1 Å². The maximum atomic E-state index is 9.24. The first-order valence-corrected chi connectivity index (χ1v) is 35.0. The van der Waals surface area contributed by atoms with Crippen LogP contribution in [0.5, 0.6) is 0 Å². The zero-order valence-electron chi connectivity index (χ0n) is 57.5. The van der Waals surface area contributed by atoms with E-state index >= 15 is 0 Å². The minimum absolute atomic E-state index is 0.0463. The van der Waals surface area contributed by atoms with Gasteiger partial charge in [-0.2, -0.15) is 0 Å². The monoisotopic (exact) mass is 1160 g/mol. The summed E-state index contributed by atoms with van der Waals surface area (Å²) in [5, 5.41) is 3.91. The zero-order chi connectivity index (χ0) is 62.7. The van der Waals surface area contributed by atoms with Gasteiger partial charge in [-0.1, -0.05) is 140 Å². The van der Waals surface area contributed by atoms with Crippen molar-refractivity contribution in [3.05, 3.63) is 150 Å². The van der Waals surface area contributed by atoms with Crippen molar-refractivity contribution >= 4 is 99.7 Å². The minimum atomic E-state index is -0.350. The highest BCUT2D eigenvalue weighted by Crippen LogP contribution is 2.67. The summed E-state index contributed by atoms with van der Waals surface area (Å²) in [6.45, 7) is 19.1. The van der Waals surface area contributed by atoms with Crippen molar-refractivity contribution in [2.24, 2.45) is 35.5 Å². The van der Waals surface area contributed by atoms with E-state index in [-0.39, 0.29) is 64.5 Å². The number of rotatable bonds is 8. The van der Waals surface area contributed by atoms with E-state index < -0.39 is 0 Å². The van der Waals surface area contributed by atoms with Gasteiger partial charge in [-0.15, -0.1) is 11.3 Å². The maximum absolute atomic E-state index is 9.24. The van der Waals surface area contributed by atoms with Gasteiger partial charge in [-0.25, -0.2) is 0 Å². The Hall–Kier alpha value is -6.24. The molecule has 4 nitrogen and oxygen atoms in total. The molecular formula is C81H86BN3OS. The van der Waals surface area contributed by atoms with Gasteiger partial charge in [-0.3, -0.25) is 0 Å². The molecule has 9 aromatic rings. The summed E-state index contributed by atoms with van der Waals surface area (Å²) in [4.78, 5) is 8.99. The van der Waals surface area contributed by atoms with Crippen LogP contribution in [0.1, 0.15) is 205 Å². The smallest absolute Gasteiger partial charge is 0.252 e. The fourth-order valence-electron chi connectivity index (χ4n) is 22.6. The van der Waals surface area contributed by atoms with Gasteiger partial charge in [0.25, 0.3) is 6.71 Å². The van der Waals surface area contributed by atoms with E-state index in [1.165, 1.54) is 181 Å². The van der Waals surface area contributed by atoms with E-state index in [1.807, 2.05) is 11.3 Å². The largest absolute Gasteiger partial charge is 0.456 e. The van der Waals surface area contributed by atoms with Gasteiger partial charge in [0.1, 0.15) is 11.3 Å². The predicted octanol–water partition coefficient (Wildman–Crippen LogP) is 20.6. The van der Waals surface area contributed by atoms with Crippen molar-refractivity contribution in [1.82, 2.24) is 0 Å². The molecule has 9 aliphatic carbocycles. The van der Waals surface area contributed by atoms with E-state index in [1.54, 1.807) is 0 Å². The van der Waals surface area contributed by atoms with Crippen LogP contribution in [0.2, 0.25) is 0 Å². The SMILES string of the molecule is [2H]c1c([2H])c([2H])c(-c2ccc3c(c2)C2(C)CCCCC2(C)N3c2cc3c4c(c2)N(C25CC6CC(CC(C6)C2)C5)c2c(ccc5c2sc2ccccc25)B4c2cc4oc(-c5c(C(C)C)cc(C(C)C)cc5C(C)C)cc4cc2N3C23CC4CC(CC(C4)C2)C3)c([2H])c1[2H]. The van der Waals surface area contributed by atoms with Crippen LogP contribution in [-0.4, -0.2) is 23.3 Å². The highest BCUT2D eigenvalue weighted by atomic mass is 32.1. The Morgan fingerprint density at radius 1 is 0.563 bits per heavy atom. The van der Waals surface area contributed by atoms with Gasteiger partial charge in [0.15, 0.2) is 0 Å². The minimum Gasteiger partial charge on any atom is -0.456 e. The summed E-state index contributed by atoms with van der Waals surface area (Å²) >= 11 is 2.02. The molecule has 7 aromatic carbocycles. The summed E-state index contributed by atoms with van der Waals surface area (Å²) < 4.78 is 55.0. The Morgan fingerprint density at radius 2 is 1.18 bits per heavy atom. The zero-order valence-corrected chi connectivity index (χ0v) is 53.3. The van der Waals surface area contributed by atoms with Crippen LogP contribution in [-0.2, 0) is 5.41 Å². The first-order valence-electron chi connectivity index (χ1n) is 36.7. The molecule has 6 heteroatoms. The van der Waals surface area contributed by atoms with E-state index in [0.29, 0.717) is 23.3 Å². The van der Waals surface area contributed by atoms with Crippen LogP contribution in [0.15, 0.2) is 132 Å². The molecule has 21 rings (SSSR count). The standard InChI is InChI=1S/C81H86BN3OS/c1-46(2)57-32-62(47(3)4)74(63(33-57)48(5)6)72-36-58-35-68-66(39-71(58)86-72)82-65-22-21-61-60-18-12-13-19-73(60)87-77(61)76(65)85(81-43-52-29-53(44-81)31-54(30-52)45-81)70-38-59(37-69(75(70)82)84(68)80-40-49-26-50(41-80)28-51(27-49)42-80)83-67-23-20-56(55-16-10-9-11-17-55)34-64(67)78(7)24-14-15-25-79(78,83)8/h9-13,16-23,32-39,46-54H,14-15,24-31,40-45H2,1-8H3/i9D,10D,11D,16D,17D. The van der Waals surface area contributed by atoms with Gasteiger partial charge < -0.3 is 19.1 Å². The topological polar surface area (TPSA) is 22.9 Å². The van der Waals surface area contributed by atoms with E-state index in [9.17, 15) is 2.74 Å². The fourth-order valence-corrected chi connectivity index (χ4v) is 23.9. The Labute approximate surface area is 528 Å². The average molecular weight is 1170 g/mol. The van der Waals surface area contributed by atoms with Crippen LogP contribution in [0, 0.1) is 35.5 Å². The molecule has 440 valence electrons. The average Bonchev–Trinajstić information content (AvgIpc) is 1.05. The summed E-state index contributed by atoms with van der Waals surface area (Å²) in [5.41, 5.74) is 20.3. The van der Waals surface area contributed by atoms with Crippen molar-refractivity contribution in [2.75, 3.05) is 14.7 Å². The number of benzene rings is 7. The number of nitrogens with zero attached hydrogens (tertiary/aromatic N) is 3. The number of thiophene rings is 1. The van der Waals surface area contributed by atoms with Gasteiger partial charge >= 0.3 is 0 Å². The summed E-state index contributed by atoms with van der Waals surface area (Å²) in [5.74, 6) is 6.39. The van der Waals surface area contributed by atoms with Crippen LogP contribution in [0.3, 0.4) is 0 Å². The third-order valence-electron chi connectivity index (χ3n) is 25.7. The Kier molecular flexibility index (Phi) is 10.00. The lowest BCUT2D eigenvalue weighted by atomic mass is 9.33. The van der Waals surface area contributed by atoms with Crippen LogP contribution in [0.25, 0.3) is 53.6 Å². The van der Waals surface area contributed by atoms with Gasteiger partial charge in [-0.05, 0) is 248 Å². The predicted molar refractivity (Wildman–Crippen MR) is 369 cm³/mol. The lowest BCUT2D eigenvalue weighted by molar-refractivity contribution is 0.000406. The molecule has 9 saturated carbocycles. The number of anilines is 6. The highest BCUT2D eigenvalue weighted by Gasteiger charge is 2.62. The van der Waals surface area contributed by atoms with Gasteiger partial charge in [0.2, 0.25) is 0 Å². The number of fused-ring (bicyclic) bond motifs is 12. The van der Waals surface area contributed by atoms with E-state index in [4.69, 9.17) is 8.53 Å². The molecule has 2 aromatic heterocycles. The molecule has 0 saturated heterocycles. The number of furan rings is 1. The molecule has 0 amide bonds. The fraction of sp³-hybridized carbons (Fsp3) is 0.457. The van der Waals surface area contributed by atoms with Crippen molar-refractivity contribution in [3.63, 3.8) is 0 Å². The van der Waals surface area contributed by atoms with Gasteiger partial charge in [0, 0.05) is 71.4 Å². The molecule has 3 aliphatic heterocycles. The normalized spacial score (nSPS) is 31.2. The second kappa shape index (κ2) is 18.2. The molecule has 5 heterocycles. The quantitative estimate of drug-likeness (QED) is 0.141. The number of hydrogen-bond acceptors (Lipinski definition) is 5. The second-order valence-corrected chi connectivity index (χ2v) is 32.8. The second-order valence-electron chi connectivity index (χ2n) is 31.7. The molecular weight excluding hydrogens is 1070 g/mol. The molecule has 87 heavy (non-hydrogen) atoms. The van der Waals surface area contributed by atoms with Crippen molar-refractivity contribution in [3.8, 4) is 22.5 Å². The highest BCUT2D eigenvalue weighted by molar-refractivity contribution is 7.26. The molecule has 0 spiro atoms. The van der Waals surface area contributed by atoms with Crippen molar-refractivity contribution in [2.45, 2.75) is 198 Å². The first kappa shape index (κ1) is 47.7. The maximum Gasteiger partial charge on any atom is 0.252 e. The lowest BCUT2D eigenvalue weighted by Gasteiger charge is -2.64. The number of hydrogen-bond donors (Lipinski definition) is 0. The molecule has 2 unspecified atom stereocenters. The van der Waals surface area contributed by atoms with Crippen molar-refractivity contribution < 1.29 is 11.3 Å². The molecule has 0 N–H and O–H groups in total. The summed E-state index contributed by atoms with van der Waals surface area (Å²) in [7, 11) is 0. The molecule has 12 aliphatic rings. The van der Waals surface area contributed by atoms with E-state index in [0.717, 1.165) is 72.5 Å². The lowest BCUT2D eigenvalue weighted by Crippen LogP contribution is -2.69. The van der Waals surface area contributed by atoms with Crippen LogP contribution < -0.4 is 31.1 Å². The molecule has 9 fully saturated rings. The molecule has 2 atom stereocenters. The third kappa shape index (κ3) is 7.20. The molecule has 0 radical (unpaired) electrons. The molecule has 8 bridgehead atoms. The summed E-state index contributed by atoms with van der Waals surface area (Å²) in [6.07, 6.45) is 19.8. The Bertz CT molecular complexity index is 4580. The van der Waals surface area contributed by atoms with Crippen molar-refractivity contribution in [1.29, 1.82) is 0 Å². The van der Waals surface area contributed by atoms with Gasteiger partial charge in [0.05, 0.1) is 22.8 Å².